The molecule has 3 heterocycles. The van der Waals surface area contributed by atoms with Gasteiger partial charge in [-0.25, -0.2) is 23.7 Å². The van der Waals surface area contributed by atoms with E-state index in [0.717, 1.165) is 12.6 Å². The van der Waals surface area contributed by atoms with Crippen LogP contribution in [0.5, 0.6) is 5.88 Å². The third-order valence-corrected chi connectivity index (χ3v) is 6.37. The van der Waals surface area contributed by atoms with E-state index in [1.807, 2.05) is 6.92 Å². The third-order valence-electron chi connectivity index (χ3n) is 5.46. The number of fused-ring (bicyclic) bond motifs is 1. The van der Waals surface area contributed by atoms with Crippen LogP contribution in [0, 0.1) is 11.7 Å². The van der Waals surface area contributed by atoms with Crippen LogP contribution in [-0.2, 0) is 10.3 Å². The highest BCUT2D eigenvalue weighted by Crippen LogP contribution is 2.49. The SMILES string of the molecule is CCC1OCC2(c3cc(NC(=O)c4cnc(OCF)cn4)ccc3F)N=C(N)SCC12. The first-order valence-electron chi connectivity index (χ1n) is 9.68. The molecule has 2 aliphatic rings. The molecule has 4 rings (SSSR count). The van der Waals surface area contributed by atoms with Gasteiger partial charge >= 0.3 is 0 Å². The Morgan fingerprint density at radius 3 is 2.97 bits per heavy atom. The van der Waals surface area contributed by atoms with Crippen LogP contribution in [0.2, 0.25) is 0 Å². The number of nitrogens with zero attached hydrogens (tertiary/aromatic N) is 3. The number of benzene rings is 1. The maximum atomic E-state index is 15.0. The van der Waals surface area contributed by atoms with Gasteiger partial charge in [-0.05, 0) is 24.6 Å². The van der Waals surface area contributed by atoms with Gasteiger partial charge in [-0.1, -0.05) is 18.7 Å². The van der Waals surface area contributed by atoms with Crippen LogP contribution in [0.15, 0.2) is 35.6 Å². The van der Waals surface area contributed by atoms with E-state index in [2.05, 4.69) is 25.0 Å². The summed E-state index contributed by atoms with van der Waals surface area (Å²) in [4.78, 5) is 24.9. The summed E-state index contributed by atoms with van der Waals surface area (Å²) >= 11 is 1.44. The Hall–Kier alpha value is -2.79. The summed E-state index contributed by atoms with van der Waals surface area (Å²) in [7, 11) is 0. The van der Waals surface area contributed by atoms with E-state index in [-0.39, 0.29) is 30.2 Å². The van der Waals surface area contributed by atoms with Gasteiger partial charge in [0.2, 0.25) is 12.7 Å². The lowest BCUT2D eigenvalue weighted by atomic mass is 9.78. The van der Waals surface area contributed by atoms with Gasteiger partial charge in [-0.15, -0.1) is 0 Å². The topological polar surface area (TPSA) is 112 Å². The molecule has 0 spiro atoms. The minimum Gasteiger partial charge on any atom is -0.445 e. The molecule has 8 nitrogen and oxygen atoms in total. The van der Waals surface area contributed by atoms with Crippen molar-refractivity contribution in [3.8, 4) is 5.88 Å². The minimum absolute atomic E-state index is 0.000277. The number of carbonyl (C=O) groups excluding carboxylic acids is 1. The van der Waals surface area contributed by atoms with Crippen molar-refractivity contribution in [3.05, 3.63) is 47.7 Å². The van der Waals surface area contributed by atoms with Gasteiger partial charge < -0.3 is 20.5 Å². The highest BCUT2D eigenvalue weighted by molar-refractivity contribution is 8.13. The largest absolute Gasteiger partial charge is 0.445 e. The average Bonchev–Trinajstić information content (AvgIpc) is 3.14. The maximum absolute atomic E-state index is 15.0. The first-order chi connectivity index (χ1) is 15.0. The Morgan fingerprint density at radius 2 is 2.26 bits per heavy atom. The molecule has 3 atom stereocenters. The molecule has 3 unspecified atom stereocenters. The predicted molar refractivity (Wildman–Crippen MR) is 112 cm³/mol. The van der Waals surface area contributed by atoms with Crippen LogP contribution < -0.4 is 15.8 Å². The fourth-order valence-electron chi connectivity index (χ4n) is 3.96. The summed E-state index contributed by atoms with van der Waals surface area (Å²) < 4.78 is 37.7. The zero-order valence-corrected chi connectivity index (χ0v) is 17.5. The van der Waals surface area contributed by atoms with Crippen LogP contribution in [-0.4, -0.2) is 46.4 Å². The number of ether oxygens (including phenoxy) is 2. The second-order valence-electron chi connectivity index (χ2n) is 7.19. The quantitative estimate of drug-likeness (QED) is 0.697. The second-order valence-corrected chi connectivity index (χ2v) is 8.23. The number of alkyl halides is 1. The molecule has 3 N–H and O–H groups in total. The molecular formula is C20H21F2N5O3S. The first kappa shape index (κ1) is 21.4. The summed E-state index contributed by atoms with van der Waals surface area (Å²) in [5.41, 5.74) is 5.75. The van der Waals surface area contributed by atoms with Crippen molar-refractivity contribution in [3.63, 3.8) is 0 Å². The molecule has 1 fully saturated rings. The fourth-order valence-corrected chi connectivity index (χ4v) is 5.03. The zero-order chi connectivity index (χ0) is 22.0. The number of anilines is 1. The van der Waals surface area contributed by atoms with Crippen molar-refractivity contribution < 1.29 is 23.0 Å². The number of hydrogen-bond acceptors (Lipinski definition) is 8. The molecule has 2 aliphatic heterocycles. The number of nitrogens with one attached hydrogen (secondary N) is 1. The molecule has 1 aromatic carbocycles. The molecule has 11 heteroatoms. The van der Waals surface area contributed by atoms with Gasteiger partial charge in [-0.2, -0.15) is 0 Å². The standard InChI is InChI=1S/C20H21F2N5O3S/c1-2-16-13-8-31-19(23)27-20(13,9-29-16)12-5-11(3-4-14(12)22)26-18(28)15-6-25-17(7-24-15)30-10-21/h3-7,13,16H,2,8-10H2,1H3,(H2,23,27)(H,26,28). The Morgan fingerprint density at radius 1 is 1.42 bits per heavy atom. The van der Waals surface area contributed by atoms with E-state index in [1.54, 1.807) is 6.07 Å². The van der Waals surface area contributed by atoms with Crippen LogP contribution in [0.4, 0.5) is 14.5 Å². The lowest BCUT2D eigenvalue weighted by molar-refractivity contribution is 0.0904. The zero-order valence-electron chi connectivity index (χ0n) is 16.7. The van der Waals surface area contributed by atoms with Crippen LogP contribution in [0.3, 0.4) is 0 Å². The van der Waals surface area contributed by atoms with Crippen molar-refractivity contribution in [2.24, 2.45) is 16.6 Å². The molecule has 1 amide bonds. The molecular weight excluding hydrogens is 428 g/mol. The monoisotopic (exact) mass is 449 g/mol. The van der Waals surface area contributed by atoms with Crippen LogP contribution in [0.1, 0.15) is 29.4 Å². The van der Waals surface area contributed by atoms with Crippen molar-refractivity contribution in [2.75, 3.05) is 24.5 Å². The normalized spacial score (nSPS) is 24.9. The number of hydrogen-bond donors (Lipinski definition) is 2. The fraction of sp³-hybridized carbons (Fsp3) is 0.400. The molecule has 2 aromatic rings. The Bertz CT molecular complexity index is 1010. The van der Waals surface area contributed by atoms with Gasteiger partial charge in [-0.3, -0.25) is 4.79 Å². The van der Waals surface area contributed by atoms with Gasteiger partial charge in [0.05, 0.1) is 25.1 Å². The lowest BCUT2D eigenvalue weighted by Crippen LogP contribution is -2.42. The number of amides is 1. The maximum Gasteiger partial charge on any atom is 0.275 e. The van der Waals surface area contributed by atoms with E-state index < -0.39 is 24.1 Å². The van der Waals surface area contributed by atoms with Crippen LogP contribution in [0.25, 0.3) is 0 Å². The summed E-state index contributed by atoms with van der Waals surface area (Å²) in [6, 6.07) is 4.30. The van der Waals surface area contributed by atoms with Gasteiger partial charge in [0.1, 0.15) is 17.1 Å². The third kappa shape index (κ3) is 4.07. The smallest absolute Gasteiger partial charge is 0.275 e. The number of aromatic nitrogens is 2. The first-order valence-corrected chi connectivity index (χ1v) is 10.7. The van der Waals surface area contributed by atoms with E-state index in [1.165, 1.54) is 30.1 Å². The highest BCUT2D eigenvalue weighted by Gasteiger charge is 2.53. The van der Waals surface area contributed by atoms with E-state index in [0.29, 0.717) is 22.2 Å². The van der Waals surface area contributed by atoms with Crippen molar-refractivity contribution >= 4 is 28.5 Å². The summed E-state index contributed by atoms with van der Waals surface area (Å²) in [6.45, 7) is 1.19. The lowest BCUT2D eigenvalue weighted by Gasteiger charge is -2.36. The minimum atomic E-state index is -1.05. The summed E-state index contributed by atoms with van der Waals surface area (Å²) in [6.07, 6.45) is 3.04. The molecule has 1 saturated heterocycles. The Labute approximate surface area is 181 Å². The van der Waals surface area contributed by atoms with Crippen molar-refractivity contribution in [2.45, 2.75) is 25.0 Å². The Balaban J connectivity index is 1.63. The number of halogens is 2. The van der Waals surface area contributed by atoms with E-state index >= 15 is 0 Å². The summed E-state index contributed by atoms with van der Waals surface area (Å²) in [5.74, 6) is -0.399. The number of nitrogens with two attached hydrogens (primary N) is 1. The van der Waals surface area contributed by atoms with E-state index in [4.69, 9.17) is 10.5 Å². The van der Waals surface area contributed by atoms with Gasteiger partial charge in [0.25, 0.3) is 5.91 Å². The molecule has 0 radical (unpaired) electrons. The van der Waals surface area contributed by atoms with Crippen LogP contribution >= 0.6 is 11.8 Å². The highest BCUT2D eigenvalue weighted by atomic mass is 32.2. The molecule has 1 aromatic heterocycles. The van der Waals surface area contributed by atoms with E-state index in [9.17, 15) is 13.6 Å². The van der Waals surface area contributed by atoms with Crippen molar-refractivity contribution in [1.29, 1.82) is 0 Å². The summed E-state index contributed by atoms with van der Waals surface area (Å²) in [5, 5.41) is 3.07. The predicted octanol–water partition coefficient (Wildman–Crippen LogP) is 2.86. The molecule has 164 valence electrons. The molecule has 0 aliphatic carbocycles. The number of aliphatic imine (C=N–C) groups is 1. The number of amidine groups is 1. The number of carbonyl (C=O) groups is 1. The molecule has 0 bridgehead atoms. The number of thioether (sulfide) groups is 1. The molecule has 0 saturated carbocycles. The number of rotatable bonds is 6. The molecule has 31 heavy (non-hydrogen) atoms. The van der Waals surface area contributed by atoms with Crippen molar-refractivity contribution in [1.82, 2.24) is 9.97 Å². The van der Waals surface area contributed by atoms with Gasteiger partial charge in [0, 0.05) is 22.9 Å². The van der Waals surface area contributed by atoms with Gasteiger partial charge in [0.15, 0.2) is 5.17 Å². The average molecular weight is 449 g/mol. The second kappa shape index (κ2) is 8.75. The Kier molecular flexibility index (Phi) is 6.05.